The van der Waals surface area contributed by atoms with Crippen LogP contribution in [0.2, 0.25) is 0 Å². The topological polar surface area (TPSA) is 192 Å². The van der Waals surface area contributed by atoms with Crippen molar-refractivity contribution in [1.29, 1.82) is 0 Å². The van der Waals surface area contributed by atoms with Gasteiger partial charge < -0.3 is 38.8 Å². The molecule has 0 fully saturated rings. The Morgan fingerprint density at radius 1 is 0.780 bits per heavy atom. The molecule has 2 aliphatic heterocycles. The quantitative estimate of drug-likeness (QED) is 0.0833. The zero-order chi connectivity index (χ0) is 42.6. The van der Waals surface area contributed by atoms with Crippen LogP contribution in [0.3, 0.4) is 0 Å². The number of rotatable bonds is 15. The molecule has 14 nitrogen and oxygen atoms in total. The number of nitrogens with zero attached hydrogens (tertiary/aromatic N) is 2. The maximum absolute atomic E-state index is 13.6. The van der Waals surface area contributed by atoms with Crippen molar-refractivity contribution in [3.63, 3.8) is 0 Å². The van der Waals surface area contributed by atoms with Gasteiger partial charge in [-0.1, -0.05) is 24.8 Å². The second-order valence-electron chi connectivity index (χ2n) is 14.8. The Kier molecular flexibility index (Phi) is 12.8. The van der Waals surface area contributed by atoms with E-state index in [9.17, 15) is 24.3 Å². The van der Waals surface area contributed by atoms with Gasteiger partial charge >= 0.3 is 23.9 Å². The molecule has 3 N–H and O–H groups in total. The summed E-state index contributed by atoms with van der Waals surface area (Å²) >= 11 is 0. The van der Waals surface area contributed by atoms with Crippen LogP contribution in [0.5, 0.6) is 0 Å². The van der Waals surface area contributed by atoms with Crippen molar-refractivity contribution in [3.05, 3.63) is 93.6 Å². The van der Waals surface area contributed by atoms with Crippen molar-refractivity contribution in [1.82, 2.24) is 19.9 Å². The van der Waals surface area contributed by atoms with Crippen molar-refractivity contribution >= 4 is 68.7 Å². The highest BCUT2D eigenvalue weighted by Gasteiger charge is 2.53. The van der Waals surface area contributed by atoms with Crippen LogP contribution < -0.4 is 0 Å². The zero-order valence-corrected chi connectivity index (χ0v) is 34.5. The molecule has 2 unspecified atom stereocenters. The number of hydrogen-bond donors (Lipinski definition) is 3. The molecule has 0 amide bonds. The average Bonchev–Trinajstić information content (AvgIpc) is 3.86. The van der Waals surface area contributed by atoms with Gasteiger partial charge in [-0.05, 0) is 98.2 Å². The molecule has 8 bridgehead atoms. The van der Waals surface area contributed by atoms with Crippen LogP contribution >= 0.6 is 0 Å². The first-order valence-electron chi connectivity index (χ1n) is 19.4. The molecule has 2 atom stereocenters. The largest absolute Gasteiger partial charge is 0.478 e. The molecular formula is C45H50N4O10. The van der Waals surface area contributed by atoms with Gasteiger partial charge in [-0.2, -0.15) is 0 Å². The highest BCUT2D eigenvalue weighted by molar-refractivity contribution is 6.01. The summed E-state index contributed by atoms with van der Waals surface area (Å²) in [7, 11) is 4.32. The highest BCUT2D eigenvalue weighted by atomic mass is 16.6. The fraction of sp³-hybridized carbons (Fsp3) is 0.378. The van der Waals surface area contributed by atoms with Gasteiger partial charge in [-0.15, -0.1) is 0 Å². The molecule has 59 heavy (non-hydrogen) atoms. The predicted molar refractivity (Wildman–Crippen MR) is 223 cm³/mol. The van der Waals surface area contributed by atoms with Crippen LogP contribution in [0.1, 0.15) is 78.1 Å². The lowest BCUT2D eigenvalue weighted by Crippen LogP contribution is -2.42. The van der Waals surface area contributed by atoms with E-state index in [-0.39, 0.29) is 50.2 Å². The number of H-pyrrole nitrogens is 2. The summed E-state index contributed by atoms with van der Waals surface area (Å²) in [4.78, 5) is 69.2. The average molecular weight is 807 g/mol. The molecule has 0 radical (unpaired) electrons. The Hall–Kier alpha value is -6.12. The van der Waals surface area contributed by atoms with Crippen molar-refractivity contribution in [2.45, 2.75) is 58.8 Å². The first-order valence-corrected chi connectivity index (χ1v) is 19.4. The van der Waals surface area contributed by atoms with Crippen LogP contribution in [0.25, 0.3) is 44.9 Å². The van der Waals surface area contributed by atoms with Crippen molar-refractivity contribution < 1.29 is 48.0 Å². The molecular weight excluding hydrogens is 757 g/mol. The van der Waals surface area contributed by atoms with E-state index < -0.39 is 23.3 Å². The Balaban J connectivity index is 1.66. The third kappa shape index (κ3) is 8.28. The number of esters is 3. The van der Waals surface area contributed by atoms with Gasteiger partial charge in [0.25, 0.3) is 0 Å². The number of aliphatic carboxylic acids is 1. The molecule has 0 saturated carbocycles. The molecule has 310 valence electrons. The van der Waals surface area contributed by atoms with Gasteiger partial charge in [0, 0.05) is 54.7 Å². The molecule has 6 rings (SSSR count). The first kappa shape index (κ1) is 42.5. The molecule has 3 aromatic heterocycles. The van der Waals surface area contributed by atoms with E-state index in [1.54, 1.807) is 19.3 Å². The lowest BCUT2D eigenvalue weighted by Gasteiger charge is -2.36. The third-order valence-electron chi connectivity index (χ3n) is 11.4. The molecule has 0 aromatic carbocycles. The fourth-order valence-corrected chi connectivity index (χ4v) is 8.09. The van der Waals surface area contributed by atoms with Crippen molar-refractivity contribution in [2.24, 2.45) is 5.92 Å². The lowest BCUT2D eigenvalue weighted by molar-refractivity contribution is -0.148. The fourth-order valence-electron chi connectivity index (χ4n) is 8.09. The van der Waals surface area contributed by atoms with E-state index in [0.29, 0.717) is 64.3 Å². The van der Waals surface area contributed by atoms with Crippen molar-refractivity contribution in [3.8, 4) is 0 Å². The van der Waals surface area contributed by atoms with Gasteiger partial charge in [-0.25, -0.2) is 9.78 Å². The highest BCUT2D eigenvalue weighted by Crippen LogP contribution is 2.52. The van der Waals surface area contributed by atoms with E-state index in [0.717, 1.165) is 38.9 Å². The number of carbonyl (C=O) groups is 4. The van der Waals surface area contributed by atoms with Gasteiger partial charge in [0.05, 0.1) is 54.1 Å². The van der Waals surface area contributed by atoms with Gasteiger partial charge in [0.1, 0.15) is 19.1 Å². The normalized spacial score (nSPS) is 17.2. The summed E-state index contributed by atoms with van der Waals surface area (Å²) in [5.74, 6) is -3.90. The standard InChI is InChI=1S/C45H50N4O10/c1-9-27-24(2)32-20-33-25(3)28(11-14-40(50)58-18-16-55-6)35(46-33)22-36-29(12-15-41(51)59-19-17-56-7)26(4)34(47-36)21-38-31-13-10-30(43(52)53)42(44(54)57-8)45(31,5)39(49-38)23-37(27)48-32/h9-10,13,20-23,42,47-48H,1,11-12,14-19H2,2-8H3,(H,52,53). The minimum Gasteiger partial charge on any atom is -0.478 e. The van der Waals surface area contributed by atoms with E-state index in [4.69, 9.17) is 33.7 Å². The van der Waals surface area contributed by atoms with Gasteiger partial charge in [-0.3, -0.25) is 19.4 Å². The minimum absolute atomic E-state index is 0.0931. The number of aryl methyl sites for hydroxylation is 3. The molecule has 3 aromatic rings. The van der Waals surface area contributed by atoms with E-state index in [2.05, 4.69) is 16.5 Å². The number of carboxylic acid groups (broad SMARTS) is 1. The number of carboxylic acids is 1. The molecule has 1 aliphatic carbocycles. The van der Waals surface area contributed by atoms with E-state index in [1.165, 1.54) is 20.3 Å². The second kappa shape index (κ2) is 17.8. The number of fused-ring (bicyclic) bond motifs is 11. The smallest absolute Gasteiger partial charge is 0.332 e. The van der Waals surface area contributed by atoms with E-state index in [1.807, 2.05) is 52.0 Å². The molecule has 0 saturated heterocycles. The summed E-state index contributed by atoms with van der Waals surface area (Å²) in [6.45, 7) is 12.6. The molecule has 5 heterocycles. The Morgan fingerprint density at radius 3 is 2.02 bits per heavy atom. The monoisotopic (exact) mass is 806 g/mol. The zero-order valence-electron chi connectivity index (χ0n) is 34.5. The number of methoxy groups -OCH3 is 3. The Bertz CT molecular complexity index is 2490. The summed E-state index contributed by atoms with van der Waals surface area (Å²) in [5.41, 5.74) is 9.41. The summed E-state index contributed by atoms with van der Waals surface area (Å²) in [5, 5.41) is 10.3. The van der Waals surface area contributed by atoms with Crippen LogP contribution in [0.4, 0.5) is 0 Å². The number of allylic oxidation sites excluding steroid dienone is 5. The lowest BCUT2D eigenvalue weighted by atomic mass is 9.64. The SMILES string of the molecule is C=Cc1c(C)c2cc3nc(cc4[nH]c(cc5nc(cc1[nH]2)C1(C)C5=CC=C(C(=O)O)C1C(=O)OC)c(C)c4CCC(=O)OCCOC)C(CCC(=O)OCCOC)=C3C. The maximum Gasteiger partial charge on any atom is 0.332 e. The third-order valence-corrected chi connectivity index (χ3v) is 11.4. The first-order chi connectivity index (χ1) is 28.3. The molecule has 14 heteroatoms. The van der Waals surface area contributed by atoms with Gasteiger partial charge in [0.15, 0.2) is 0 Å². The number of nitrogens with one attached hydrogen (secondary N) is 2. The second-order valence-corrected chi connectivity index (χ2v) is 14.8. The van der Waals surface area contributed by atoms with Gasteiger partial charge in [0.2, 0.25) is 0 Å². The number of aromatic amines is 2. The minimum atomic E-state index is -1.25. The predicted octanol–water partition coefficient (Wildman–Crippen LogP) is 6.75. The number of ether oxygens (including phenoxy) is 5. The molecule has 3 aliphatic rings. The Morgan fingerprint density at radius 2 is 1.39 bits per heavy atom. The summed E-state index contributed by atoms with van der Waals surface area (Å²) < 4.78 is 26.1. The number of hydrogen-bond acceptors (Lipinski definition) is 11. The van der Waals surface area contributed by atoms with Crippen molar-refractivity contribution in [2.75, 3.05) is 47.8 Å². The van der Waals surface area contributed by atoms with Crippen LogP contribution in [-0.2, 0) is 54.7 Å². The van der Waals surface area contributed by atoms with Crippen LogP contribution in [0, 0.1) is 19.8 Å². The summed E-state index contributed by atoms with van der Waals surface area (Å²) in [6.07, 6.45) is 5.78. The van der Waals surface area contributed by atoms with Crippen LogP contribution in [0.15, 0.2) is 48.6 Å². The maximum atomic E-state index is 13.6. The van der Waals surface area contributed by atoms with E-state index >= 15 is 0 Å². The molecule has 0 spiro atoms. The van der Waals surface area contributed by atoms with Crippen LogP contribution in [-0.4, -0.2) is 96.7 Å². The Labute approximate surface area is 342 Å². The number of aromatic nitrogens is 4. The summed E-state index contributed by atoms with van der Waals surface area (Å²) in [6, 6.07) is 7.58. The number of carbonyl (C=O) groups excluding carboxylic acids is 3.